The molecule has 1 atom stereocenters. The molecule has 0 fully saturated rings. The minimum atomic E-state index is -0.794. The van der Waals surface area contributed by atoms with E-state index in [1.807, 2.05) is 13.8 Å². The van der Waals surface area contributed by atoms with Crippen molar-refractivity contribution in [1.82, 2.24) is 15.2 Å². The largest absolute Gasteiger partial charge is 0.474 e. The van der Waals surface area contributed by atoms with Crippen LogP contribution in [-0.4, -0.2) is 44.6 Å². The molecule has 0 spiro atoms. The van der Waals surface area contributed by atoms with Crippen LogP contribution in [0.2, 0.25) is 0 Å². The molecule has 3 rings (SSSR count). The lowest BCUT2D eigenvalue weighted by Crippen LogP contribution is -2.49. The minimum absolute atomic E-state index is 0.0563. The number of carbonyl (C=O) groups is 2. The Bertz CT molecular complexity index is 930. The van der Waals surface area contributed by atoms with Crippen LogP contribution in [0.3, 0.4) is 0 Å². The molecule has 1 N–H and O–H groups in total. The van der Waals surface area contributed by atoms with E-state index < -0.39 is 28.7 Å². The first kappa shape index (κ1) is 19.6. The molecule has 0 saturated heterocycles. The van der Waals surface area contributed by atoms with E-state index in [0.717, 1.165) is 9.91 Å². The van der Waals surface area contributed by atoms with Gasteiger partial charge in [-0.15, -0.1) is 10.2 Å². The molecule has 1 unspecified atom stereocenters. The lowest BCUT2D eigenvalue weighted by molar-refractivity contribution is -0.389. The van der Waals surface area contributed by atoms with E-state index in [0.29, 0.717) is 11.6 Å². The fraction of sp³-hybridized carbons (Fsp3) is 0.438. The van der Waals surface area contributed by atoms with Crippen molar-refractivity contribution in [3.8, 4) is 5.75 Å². The first-order valence-corrected chi connectivity index (χ1v) is 9.38. The summed E-state index contributed by atoms with van der Waals surface area (Å²) < 4.78 is 5.56. The summed E-state index contributed by atoms with van der Waals surface area (Å²) in [5.41, 5.74) is 0. The van der Waals surface area contributed by atoms with Gasteiger partial charge in [0.15, 0.2) is 11.9 Å². The third kappa shape index (κ3) is 3.91. The van der Waals surface area contributed by atoms with Gasteiger partial charge in [-0.1, -0.05) is 32.1 Å². The van der Waals surface area contributed by atoms with Gasteiger partial charge in [0.1, 0.15) is 11.6 Å². The highest BCUT2D eigenvalue weighted by atomic mass is 32.1. The van der Waals surface area contributed by atoms with Gasteiger partial charge in [0.05, 0.1) is 0 Å². The van der Waals surface area contributed by atoms with Crippen LogP contribution in [0.25, 0.3) is 0 Å². The van der Waals surface area contributed by atoms with Gasteiger partial charge in [0.2, 0.25) is 11.0 Å². The van der Waals surface area contributed by atoms with Gasteiger partial charge in [0.25, 0.3) is 11.7 Å². The molecule has 2 amide bonds. The molecule has 3 heterocycles. The number of pyridine rings is 1. The van der Waals surface area contributed by atoms with Crippen molar-refractivity contribution in [1.29, 1.82) is 0 Å². The molecule has 0 bridgehead atoms. The van der Waals surface area contributed by atoms with Crippen molar-refractivity contribution in [2.24, 2.45) is 0 Å². The smallest absolute Gasteiger partial charge is 0.366 e. The maximum Gasteiger partial charge on any atom is 0.366 e. The third-order valence-electron chi connectivity index (χ3n) is 3.93. The van der Waals surface area contributed by atoms with Crippen molar-refractivity contribution in [2.45, 2.75) is 39.2 Å². The minimum Gasteiger partial charge on any atom is -0.474 e. The highest BCUT2D eigenvalue weighted by Gasteiger charge is 2.39. The molecule has 2 aromatic rings. The van der Waals surface area contributed by atoms with E-state index in [1.54, 1.807) is 6.92 Å². The Hall–Kier alpha value is -3.15. The highest BCUT2D eigenvalue weighted by Crippen LogP contribution is 2.34. The molecule has 28 heavy (non-hydrogen) atoms. The Morgan fingerprint density at radius 2 is 2.18 bits per heavy atom. The second kappa shape index (κ2) is 7.84. The Morgan fingerprint density at radius 3 is 2.79 bits per heavy atom. The van der Waals surface area contributed by atoms with E-state index in [1.165, 1.54) is 23.5 Å². The number of nitro groups is 1. The van der Waals surface area contributed by atoms with Gasteiger partial charge in [-0.05, 0) is 22.4 Å². The van der Waals surface area contributed by atoms with Crippen LogP contribution in [0.5, 0.6) is 5.75 Å². The van der Waals surface area contributed by atoms with Gasteiger partial charge in [-0.2, -0.15) is 0 Å². The molecule has 148 valence electrons. The molecule has 0 aromatic carbocycles. The predicted octanol–water partition coefficient (Wildman–Crippen LogP) is 2.11. The molecular formula is C16H18N6O5S. The van der Waals surface area contributed by atoms with Crippen molar-refractivity contribution >= 4 is 39.9 Å². The number of anilines is 2. The van der Waals surface area contributed by atoms with Gasteiger partial charge in [-0.25, -0.2) is 0 Å². The van der Waals surface area contributed by atoms with Gasteiger partial charge in [-0.3, -0.25) is 19.8 Å². The monoisotopic (exact) mass is 406 g/mol. The average Bonchev–Trinajstić information content (AvgIpc) is 3.12. The van der Waals surface area contributed by atoms with Gasteiger partial charge in [0, 0.05) is 12.0 Å². The number of nitrogens with one attached hydrogen (secondary N) is 1. The summed E-state index contributed by atoms with van der Waals surface area (Å²) in [6.07, 6.45) is -0.417. The maximum atomic E-state index is 12.7. The Labute approximate surface area is 163 Å². The van der Waals surface area contributed by atoms with Crippen molar-refractivity contribution in [3.05, 3.63) is 27.3 Å². The van der Waals surface area contributed by atoms with E-state index in [4.69, 9.17) is 4.74 Å². The zero-order valence-corrected chi connectivity index (χ0v) is 16.2. The number of nitrogens with zero attached hydrogens (tertiary/aromatic N) is 5. The number of amides is 2. The van der Waals surface area contributed by atoms with Crippen LogP contribution < -0.4 is 15.0 Å². The van der Waals surface area contributed by atoms with Crippen molar-refractivity contribution < 1.29 is 19.2 Å². The van der Waals surface area contributed by atoms with E-state index >= 15 is 0 Å². The first-order chi connectivity index (χ1) is 13.3. The molecule has 0 saturated carbocycles. The lowest BCUT2D eigenvalue weighted by Gasteiger charge is -2.30. The molecular weight excluding hydrogens is 388 g/mol. The summed E-state index contributed by atoms with van der Waals surface area (Å²) >= 11 is 1.24. The highest BCUT2D eigenvalue weighted by molar-refractivity contribution is 7.15. The molecule has 0 aliphatic carbocycles. The standard InChI is InChI=1S/C16H18N6O5S/c1-4-9-15(24)21(13-10(27-9)5-6-11(17-13)22(25)26)7-12(23)18-16-20-19-14(28-16)8(2)3/h5-6,8-9H,4,7H2,1-3H3,(H,18,20,23). The summed E-state index contributed by atoms with van der Waals surface area (Å²) in [5, 5.41) is 22.6. The number of rotatable bonds is 6. The molecule has 0 radical (unpaired) electrons. The molecule has 1 aliphatic rings. The number of aromatic nitrogens is 3. The summed E-state index contributed by atoms with van der Waals surface area (Å²) in [7, 11) is 0. The Balaban J connectivity index is 1.84. The number of carbonyl (C=O) groups excluding carboxylic acids is 2. The number of ether oxygens (including phenoxy) is 1. The maximum absolute atomic E-state index is 12.7. The van der Waals surface area contributed by atoms with E-state index in [2.05, 4.69) is 20.5 Å². The van der Waals surface area contributed by atoms with Crippen molar-refractivity contribution in [3.63, 3.8) is 0 Å². The molecule has 2 aromatic heterocycles. The summed E-state index contributed by atoms with van der Waals surface area (Å²) in [5.74, 6) is -1.12. The topological polar surface area (TPSA) is 140 Å². The van der Waals surface area contributed by atoms with Crippen LogP contribution in [0.4, 0.5) is 16.8 Å². The quantitative estimate of drug-likeness (QED) is 0.568. The SMILES string of the molecule is CCC1Oc2ccc([N+](=O)[O-])nc2N(CC(=O)Nc2nnc(C(C)C)s2)C1=O. The number of hydrogen-bond donors (Lipinski definition) is 1. The number of hydrogen-bond acceptors (Lipinski definition) is 9. The Morgan fingerprint density at radius 1 is 1.43 bits per heavy atom. The average molecular weight is 406 g/mol. The van der Waals surface area contributed by atoms with Crippen LogP contribution in [0.1, 0.15) is 38.1 Å². The van der Waals surface area contributed by atoms with Crippen LogP contribution in [-0.2, 0) is 9.59 Å². The summed E-state index contributed by atoms with van der Waals surface area (Å²) in [4.78, 5) is 40.4. The fourth-order valence-corrected chi connectivity index (χ4v) is 3.29. The molecule has 12 heteroatoms. The van der Waals surface area contributed by atoms with Gasteiger partial charge >= 0.3 is 5.82 Å². The van der Waals surface area contributed by atoms with Crippen molar-refractivity contribution in [2.75, 3.05) is 16.8 Å². The second-order valence-corrected chi connectivity index (χ2v) is 7.34. The molecule has 1 aliphatic heterocycles. The Kier molecular flexibility index (Phi) is 5.49. The van der Waals surface area contributed by atoms with E-state index in [9.17, 15) is 19.7 Å². The summed E-state index contributed by atoms with van der Waals surface area (Å²) in [6.45, 7) is 5.30. The zero-order chi connectivity index (χ0) is 20.4. The van der Waals surface area contributed by atoms with Crippen LogP contribution in [0, 0.1) is 10.1 Å². The third-order valence-corrected chi connectivity index (χ3v) is 5.07. The first-order valence-electron chi connectivity index (χ1n) is 8.56. The van der Waals surface area contributed by atoms with Crippen LogP contribution in [0.15, 0.2) is 12.1 Å². The van der Waals surface area contributed by atoms with Crippen LogP contribution >= 0.6 is 11.3 Å². The fourth-order valence-electron chi connectivity index (χ4n) is 2.53. The normalized spacial score (nSPS) is 15.9. The predicted molar refractivity (Wildman–Crippen MR) is 101 cm³/mol. The van der Waals surface area contributed by atoms with E-state index in [-0.39, 0.29) is 24.0 Å². The number of fused-ring (bicyclic) bond motifs is 1. The molecule has 11 nitrogen and oxygen atoms in total. The second-order valence-electron chi connectivity index (χ2n) is 6.34. The van der Waals surface area contributed by atoms with Gasteiger partial charge < -0.3 is 14.9 Å². The zero-order valence-electron chi connectivity index (χ0n) is 15.4. The summed E-state index contributed by atoms with van der Waals surface area (Å²) in [6, 6.07) is 2.56. The lowest BCUT2D eigenvalue weighted by atomic mass is 10.2.